The number of aliphatic hydroxyl groups excluding tert-OH is 8. The van der Waals surface area contributed by atoms with E-state index in [4.69, 9.17) is 42.6 Å². The number of phenols is 3. The first-order valence-corrected chi connectivity index (χ1v) is 25.5. The van der Waals surface area contributed by atoms with Gasteiger partial charge >= 0.3 is 11.9 Å². The molecule has 23 heteroatoms. The highest BCUT2D eigenvalue weighted by Crippen LogP contribution is 2.49. The maximum absolute atomic E-state index is 14.7. The molecule has 79 heavy (non-hydrogen) atoms. The third-order valence-electron chi connectivity index (χ3n) is 14.0. The smallest absolute Gasteiger partial charge is 0.331 e. The van der Waals surface area contributed by atoms with Crippen LogP contribution in [0.5, 0.6) is 23.0 Å². The lowest BCUT2D eigenvalue weighted by Crippen LogP contribution is -2.62. The van der Waals surface area contributed by atoms with E-state index in [0.717, 1.165) is 18.2 Å². The van der Waals surface area contributed by atoms with E-state index >= 15 is 0 Å². The standard InChI is InChI=1S/C56H64O23/c1-26-41(63)45(67)47(69)54(72-26)79-52-43(65)36(25-57)75-56(52)74-35-24-34(60)40(44(66)39(35)33(59)21-16-31-14-19-32(58)20-15-31)50-53(77-38(62)23-18-30-12-8-5-9-13-30)51(42(64)27(2)71-50)78-55-48(70)46(68)49(28(3)73-55)76-37(61)22-17-29-10-6-4-7-11-29/h4-15,17-20,22-24,26-28,36,41-43,45-58,60,63-70H,16,21,25H2,1-3H3/b22-17-,23-18+. The fraction of sp³-hybridized carbons (Fsp3) is 0.446. The Kier molecular flexibility index (Phi) is 19.2. The number of rotatable bonds is 18. The molecule has 4 fully saturated rings. The van der Waals surface area contributed by atoms with Crippen molar-refractivity contribution < 1.29 is 113 Å². The van der Waals surface area contributed by atoms with Gasteiger partial charge in [-0.25, -0.2) is 9.59 Å². The van der Waals surface area contributed by atoms with Gasteiger partial charge in [-0.2, -0.15) is 0 Å². The minimum Gasteiger partial charge on any atom is -0.508 e. The van der Waals surface area contributed by atoms with Crippen LogP contribution in [0.1, 0.15) is 65.9 Å². The van der Waals surface area contributed by atoms with Crippen molar-refractivity contribution in [2.24, 2.45) is 0 Å². The normalized spacial score (nSPS) is 33.9. The van der Waals surface area contributed by atoms with E-state index in [9.17, 15) is 70.6 Å². The van der Waals surface area contributed by atoms with Crippen LogP contribution in [-0.2, 0) is 53.9 Å². The highest BCUT2D eigenvalue weighted by Gasteiger charge is 2.55. The number of aromatic hydroxyl groups is 3. The van der Waals surface area contributed by atoms with E-state index in [1.807, 2.05) is 0 Å². The van der Waals surface area contributed by atoms with Gasteiger partial charge in [0.15, 0.2) is 36.7 Å². The van der Waals surface area contributed by atoms with Crippen LogP contribution in [0.2, 0.25) is 0 Å². The Hall–Kier alpha value is -6.39. The second-order valence-corrected chi connectivity index (χ2v) is 19.6. The molecule has 19 unspecified atom stereocenters. The van der Waals surface area contributed by atoms with Gasteiger partial charge in [0.25, 0.3) is 0 Å². The van der Waals surface area contributed by atoms with E-state index in [-0.39, 0.29) is 12.2 Å². The van der Waals surface area contributed by atoms with Crippen molar-refractivity contribution in [3.05, 3.63) is 131 Å². The van der Waals surface area contributed by atoms with Gasteiger partial charge in [0.2, 0.25) is 6.29 Å². The molecule has 4 saturated heterocycles. The molecule has 426 valence electrons. The summed E-state index contributed by atoms with van der Waals surface area (Å²) in [4.78, 5) is 41.4. The molecule has 8 rings (SSSR count). The molecule has 11 N–H and O–H groups in total. The highest BCUT2D eigenvalue weighted by molar-refractivity contribution is 6.02. The molecule has 0 bridgehead atoms. The largest absolute Gasteiger partial charge is 0.508 e. The van der Waals surface area contributed by atoms with Crippen LogP contribution in [0, 0.1) is 0 Å². The molecule has 23 nitrogen and oxygen atoms in total. The van der Waals surface area contributed by atoms with E-state index in [1.165, 1.54) is 45.1 Å². The Morgan fingerprint density at radius 1 is 0.557 bits per heavy atom. The van der Waals surface area contributed by atoms with E-state index in [2.05, 4.69) is 0 Å². The SMILES string of the molecule is CC1OC(OC2C(Oc3cc(O)c(C4OC(C)C(O)C(OC5OC(C)C(OC(=O)/C=C\c6ccccc6)C(O)C5O)C4OC(=O)/C=C/c4ccccc4)c(O)c3C(=O)CCc3ccc(O)cc3)OC(CO)C2O)C(O)C(O)C1O. The van der Waals surface area contributed by atoms with Gasteiger partial charge in [0, 0.05) is 24.6 Å². The first-order valence-electron chi connectivity index (χ1n) is 25.5. The second kappa shape index (κ2) is 25.8. The molecule has 0 amide bonds. The molecule has 0 aliphatic carbocycles. The fourth-order valence-corrected chi connectivity index (χ4v) is 9.62. The number of aryl methyl sites for hydroxylation is 1. The molecule has 0 spiro atoms. The molecule has 19 atom stereocenters. The van der Waals surface area contributed by atoms with Crippen LogP contribution >= 0.6 is 0 Å². The third-order valence-corrected chi connectivity index (χ3v) is 14.0. The number of ketones is 1. The van der Waals surface area contributed by atoms with Gasteiger partial charge in [-0.15, -0.1) is 0 Å². The summed E-state index contributed by atoms with van der Waals surface area (Å²) >= 11 is 0. The first-order chi connectivity index (χ1) is 37.7. The van der Waals surface area contributed by atoms with E-state index in [1.54, 1.807) is 72.8 Å². The highest BCUT2D eigenvalue weighted by atomic mass is 16.8. The summed E-state index contributed by atoms with van der Waals surface area (Å²) in [6.45, 7) is 3.33. The van der Waals surface area contributed by atoms with Crippen molar-refractivity contribution in [2.75, 3.05) is 6.61 Å². The number of hydrogen-bond acceptors (Lipinski definition) is 23. The minimum absolute atomic E-state index is 0.0000714. The summed E-state index contributed by atoms with van der Waals surface area (Å²) in [5.41, 5.74) is 0.522. The number of hydrogen-bond donors (Lipinski definition) is 11. The Labute approximate surface area is 452 Å². The molecule has 4 aromatic carbocycles. The van der Waals surface area contributed by atoms with Gasteiger partial charge in [0.05, 0.1) is 30.5 Å². The van der Waals surface area contributed by atoms with Crippen LogP contribution < -0.4 is 4.74 Å². The van der Waals surface area contributed by atoms with Gasteiger partial charge in [0.1, 0.15) is 89.6 Å². The van der Waals surface area contributed by atoms with Gasteiger partial charge in [-0.05, 0) is 68.2 Å². The number of benzene rings is 4. The molecule has 0 radical (unpaired) electrons. The Bertz CT molecular complexity index is 2760. The van der Waals surface area contributed by atoms with Crippen molar-refractivity contribution in [2.45, 2.75) is 150 Å². The molecule has 4 heterocycles. The lowest BCUT2D eigenvalue weighted by molar-refractivity contribution is -0.337. The number of aliphatic hydroxyl groups is 8. The maximum Gasteiger partial charge on any atom is 0.331 e. The fourth-order valence-electron chi connectivity index (χ4n) is 9.62. The molecular weight excluding hydrogens is 1040 g/mol. The van der Waals surface area contributed by atoms with E-state index < -0.39 is 176 Å². The molecule has 4 aliphatic rings. The topological polar surface area (TPSA) is 357 Å². The summed E-state index contributed by atoms with van der Waals surface area (Å²) in [6, 6.07) is 24.1. The van der Waals surface area contributed by atoms with Crippen LogP contribution in [0.15, 0.2) is 103 Å². The number of phenolic OH excluding ortho intramolecular Hbond substituents is 3. The van der Waals surface area contributed by atoms with Crippen molar-refractivity contribution in [1.82, 2.24) is 0 Å². The Morgan fingerprint density at radius 2 is 1.10 bits per heavy atom. The number of esters is 2. The summed E-state index contributed by atoms with van der Waals surface area (Å²) < 4.78 is 53.3. The summed E-state index contributed by atoms with van der Waals surface area (Å²) in [6.07, 6.45) is -27.2. The number of ether oxygens (including phenoxy) is 9. The number of Topliss-reactive ketones (excluding diaryl/α,β-unsaturated/α-hetero) is 1. The third kappa shape index (κ3) is 13.5. The van der Waals surface area contributed by atoms with Crippen LogP contribution in [0.3, 0.4) is 0 Å². The lowest BCUT2D eigenvalue weighted by Gasteiger charge is -2.47. The Morgan fingerprint density at radius 3 is 1.70 bits per heavy atom. The predicted octanol–water partition coefficient (Wildman–Crippen LogP) is 1.21. The van der Waals surface area contributed by atoms with Gasteiger partial charge in [-0.3, -0.25) is 4.79 Å². The van der Waals surface area contributed by atoms with Crippen LogP contribution in [0.4, 0.5) is 0 Å². The van der Waals surface area contributed by atoms with Crippen LogP contribution in [0.25, 0.3) is 12.2 Å². The average Bonchev–Trinajstić information content (AvgIpc) is 3.93. The maximum atomic E-state index is 14.7. The zero-order valence-corrected chi connectivity index (χ0v) is 42.9. The zero-order chi connectivity index (χ0) is 56.8. The summed E-state index contributed by atoms with van der Waals surface area (Å²) in [5.74, 6) is -5.42. The molecule has 4 aliphatic heterocycles. The van der Waals surface area contributed by atoms with Gasteiger partial charge < -0.3 is 98.8 Å². The predicted molar refractivity (Wildman–Crippen MR) is 271 cm³/mol. The number of carbonyl (C=O) groups excluding carboxylic acids is 3. The summed E-state index contributed by atoms with van der Waals surface area (Å²) in [5, 5.41) is 122. The Balaban J connectivity index is 1.15. The monoisotopic (exact) mass is 1100 g/mol. The lowest BCUT2D eigenvalue weighted by atomic mass is 9.88. The minimum atomic E-state index is -2.00. The quantitative estimate of drug-likeness (QED) is 0.0379. The van der Waals surface area contributed by atoms with Crippen molar-refractivity contribution in [3.8, 4) is 23.0 Å². The van der Waals surface area contributed by atoms with Gasteiger partial charge in [-0.1, -0.05) is 72.8 Å². The second-order valence-electron chi connectivity index (χ2n) is 19.6. The zero-order valence-electron chi connectivity index (χ0n) is 42.9. The van der Waals surface area contributed by atoms with E-state index in [0.29, 0.717) is 16.7 Å². The molecular formula is C56H64O23. The average molecular weight is 1110 g/mol. The number of carbonyl (C=O) groups is 3. The molecule has 0 aromatic heterocycles. The first kappa shape index (κ1) is 58.8. The van der Waals surface area contributed by atoms with Crippen molar-refractivity contribution in [1.29, 1.82) is 0 Å². The summed E-state index contributed by atoms with van der Waals surface area (Å²) in [7, 11) is 0. The molecule has 0 saturated carbocycles. The molecule has 4 aromatic rings. The van der Waals surface area contributed by atoms with Crippen molar-refractivity contribution >= 4 is 29.9 Å². The van der Waals surface area contributed by atoms with Crippen molar-refractivity contribution in [3.63, 3.8) is 0 Å². The van der Waals surface area contributed by atoms with Crippen LogP contribution in [-0.4, -0.2) is 191 Å².